The van der Waals surface area contributed by atoms with Crippen molar-refractivity contribution in [2.75, 3.05) is 7.05 Å². The Bertz CT molecular complexity index is 269. The molecule has 1 atom stereocenters. The Morgan fingerprint density at radius 3 is 2.80 bits per heavy atom. The smallest absolute Gasteiger partial charge is 0.0856 e. The molecule has 0 saturated heterocycles. The van der Waals surface area contributed by atoms with E-state index in [0.717, 1.165) is 32.1 Å². The number of rotatable bonds is 3. The molecular weight excluding hydrogens is 183 g/mol. The van der Waals surface area contributed by atoms with Crippen LogP contribution in [0, 0.1) is 5.41 Å². The summed E-state index contributed by atoms with van der Waals surface area (Å²) in [6.45, 7) is 4.31. The maximum atomic E-state index is 7.32. The Morgan fingerprint density at radius 2 is 2.27 bits per heavy atom. The number of hydrogen-bond acceptors (Lipinski definition) is 1. The summed E-state index contributed by atoms with van der Waals surface area (Å²) < 4.78 is 0. The topological polar surface area (TPSA) is 27.1 Å². The summed E-state index contributed by atoms with van der Waals surface area (Å²) in [7, 11) is 8.19. The average molecular weight is 204 g/mol. The normalized spacial score (nSPS) is 27.4. The van der Waals surface area contributed by atoms with Crippen molar-refractivity contribution >= 4 is 14.2 Å². The van der Waals surface area contributed by atoms with Gasteiger partial charge in [0, 0.05) is 12.7 Å². The molecule has 82 valence electrons. The van der Waals surface area contributed by atoms with Crippen LogP contribution in [0.1, 0.15) is 46.0 Å². The van der Waals surface area contributed by atoms with E-state index in [0.29, 0.717) is 0 Å². The fourth-order valence-corrected chi connectivity index (χ4v) is 2.35. The van der Waals surface area contributed by atoms with Crippen molar-refractivity contribution in [1.29, 1.82) is 5.41 Å². The fraction of sp³-hybridized carbons (Fsp3) is 0.750. The lowest BCUT2D eigenvalue weighted by Crippen LogP contribution is -2.17. The summed E-state index contributed by atoms with van der Waals surface area (Å²) in [4.78, 5) is 1.93. The van der Waals surface area contributed by atoms with Gasteiger partial charge in [0.2, 0.25) is 0 Å². The van der Waals surface area contributed by atoms with Crippen LogP contribution in [0.15, 0.2) is 11.3 Å². The van der Waals surface area contributed by atoms with Gasteiger partial charge in [-0.3, -0.25) is 5.41 Å². The van der Waals surface area contributed by atoms with E-state index in [4.69, 9.17) is 13.3 Å². The Kier molecular flexibility index (Phi) is 4.00. The molecule has 1 rings (SSSR count). The SMILES string of the molecule is [B]C1(C)CCCC(N(C)C=N)=C(CC)C1. The van der Waals surface area contributed by atoms with E-state index in [-0.39, 0.29) is 5.31 Å². The molecule has 3 heteroatoms. The lowest BCUT2D eigenvalue weighted by atomic mass is 9.64. The molecule has 1 N–H and O–H groups in total. The van der Waals surface area contributed by atoms with Gasteiger partial charge in [-0.25, -0.2) is 0 Å². The molecule has 0 bridgehead atoms. The van der Waals surface area contributed by atoms with Crippen molar-refractivity contribution in [1.82, 2.24) is 4.90 Å². The molecule has 0 saturated carbocycles. The highest BCUT2D eigenvalue weighted by Gasteiger charge is 2.24. The van der Waals surface area contributed by atoms with Crippen molar-refractivity contribution in [3.63, 3.8) is 0 Å². The van der Waals surface area contributed by atoms with Gasteiger partial charge in [0.25, 0.3) is 0 Å². The van der Waals surface area contributed by atoms with Gasteiger partial charge < -0.3 is 4.90 Å². The van der Waals surface area contributed by atoms with Gasteiger partial charge in [0.05, 0.1) is 14.2 Å². The van der Waals surface area contributed by atoms with Crippen molar-refractivity contribution in [3.8, 4) is 0 Å². The van der Waals surface area contributed by atoms with Gasteiger partial charge in [-0.1, -0.05) is 31.2 Å². The summed E-state index contributed by atoms with van der Waals surface area (Å²) in [6.07, 6.45) is 6.67. The van der Waals surface area contributed by atoms with Gasteiger partial charge >= 0.3 is 0 Å². The maximum Gasteiger partial charge on any atom is 0.0856 e. The van der Waals surface area contributed by atoms with E-state index >= 15 is 0 Å². The second-order valence-electron chi connectivity index (χ2n) is 4.83. The van der Waals surface area contributed by atoms with Crippen molar-refractivity contribution < 1.29 is 0 Å². The second-order valence-corrected chi connectivity index (χ2v) is 4.83. The number of nitrogens with one attached hydrogen (secondary N) is 1. The molecular formula is C12H21BN2. The van der Waals surface area contributed by atoms with E-state index in [1.54, 1.807) is 0 Å². The van der Waals surface area contributed by atoms with Gasteiger partial charge in [0.15, 0.2) is 0 Å². The highest BCUT2D eigenvalue weighted by atomic mass is 15.1. The molecule has 0 spiro atoms. The minimum absolute atomic E-state index is 0.0596. The van der Waals surface area contributed by atoms with E-state index in [1.165, 1.54) is 17.6 Å². The molecule has 0 amide bonds. The molecule has 0 fully saturated rings. The molecule has 1 aliphatic rings. The standard InChI is InChI=1S/C12H21BN2/c1-4-10-8-12(2,13)7-5-6-11(10)15(3)9-14/h9,14H,4-8H2,1-3H3. The molecule has 2 radical (unpaired) electrons. The molecule has 2 nitrogen and oxygen atoms in total. The van der Waals surface area contributed by atoms with Crippen molar-refractivity contribution in [3.05, 3.63) is 11.3 Å². The first-order chi connectivity index (χ1) is 7.00. The summed E-state index contributed by atoms with van der Waals surface area (Å²) in [5.41, 5.74) is 2.73. The number of hydrogen-bond donors (Lipinski definition) is 1. The minimum atomic E-state index is -0.0596. The van der Waals surface area contributed by atoms with Gasteiger partial charge in [-0.2, -0.15) is 0 Å². The van der Waals surface area contributed by atoms with E-state index in [9.17, 15) is 0 Å². The first-order valence-electron chi connectivity index (χ1n) is 5.73. The fourth-order valence-electron chi connectivity index (χ4n) is 2.35. The molecule has 1 aliphatic carbocycles. The summed E-state index contributed by atoms with van der Waals surface area (Å²) in [5, 5.41) is 7.26. The van der Waals surface area contributed by atoms with Crippen LogP contribution in [0.25, 0.3) is 0 Å². The molecule has 1 unspecified atom stereocenters. The summed E-state index contributed by atoms with van der Waals surface area (Å²) in [5.74, 6) is 0. The van der Waals surface area contributed by atoms with Crippen LogP contribution < -0.4 is 0 Å². The predicted octanol–water partition coefficient (Wildman–Crippen LogP) is 3.11. The number of nitrogens with zero attached hydrogens (tertiary/aromatic N) is 1. The van der Waals surface area contributed by atoms with Crippen LogP contribution in [0.2, 0.25) is 5.31 Å². The zero-order valence-corrected chi connectivity index (χ0v) is 10.1. The zero-order chi connectivity index (χ0) is 11.5. The maximum absolute atomic E-state index is 7.32. The monoisotopic (exact) mass is 204 g/mol. The third kappa shape index (κ3) is 3.12. The lowest BCUT2D eigenvalue weighted by molar-refractivity contribution is 0.539. The van der Waals surface area contributed by atoms with Crippen LogP contribution >= 0.6 is 0 Å². The predicted molar refractivity (Wildman–Crippen MR) is 66.5 cm³/mol. The Hall–Kier alpha value is -0.725. The largest absolute Gasteiger partial charge is 0.340 e. The third-order valence-electron chi connectivity index (χ3n) is 3.23. The Balaban J connectivity index is 2.96. The summed E-state index contributed by atoms with van der Waals surface area (Å²) >= 11 is 0. The van der Waals surface area contributed by atoms with Crippen LogP contribution in [0.4, 0.5) is 0 Å². The molecule has 0 aromatic rings. The van der Waals surface area contributed by atoms with Gasteiger partial charge in [0.1, 0.15) is 0 Å². The number of allylic oxidation sites excluding steroid dienone is 2. The van der Waals surface area contributed by atoms with Gasteiger partial charge in [-0.05, 0) is 25.7 Å². The average Bonchev–Trinajstić information content (AvgIpc) is 2.35. The highest BCUT2D eigenvalue weighted by Crippen LogP contribution is 2.41. The third-order valence-corrected chi connectivity index (χ3v) is 3.23. The Labute approximate surface area is 94.7 Å². The summed E-state index contributed by atoms with van der Waals surface area (Å²) in [6, 6.07) is 0. The Morgan fingerprint density at radius 1 is 1.60 bits per heavy atom. The lowest BCUT2D eigenvalue weighted by Gasteiger charge is -2.25. The molecule has 0 aromatic heterocycles. The van der Waals surface area contributed by atoms with Crippen LogP contribution in [0.3, 0.4) is 0 Å². The van der Waals surface area contributed by atoms with Crippen molar-refractivity contribution in [2.24, 2.45) is 0 Å². The molecule has 0 aliphatic heterocycles. The van der Waals surface area contributed by atoms with Crippen LogP contribution in [-0.2, 0) is 0 Å². The molecule has 0 aromatic carbocycles. The quantitative estimate of drug-likeness (QED) is 0.426. The first-order valence-corrected chi connectivity index (χ1v) is 5.73. The first kappa shape index (κ1) is 12.3. The van der Waals surface area contributed by atoms with Crippen LogP contribution in [0.5, 0.6) is 0 Å². The molecule has 15 heavy (non-hydrogen) atoms. The van der Waals surface area contributed by atoms with Crippen LogP contribution in [-0.4, -0.2) is 26.1 Å². The van der Waals surface area contributed by atoms with E-state index in [1.807, 2.05) is 11.9 Å². The van der Waals surface area contributed by atoms with E-state index < -0.39 is 0 Å². The van der Waals surface area contributed by atoms with E-state index in [2.05, 4.69) is 13.8 Å². The minimum Gasteiger partial charge on any atom is -0.340 e. The zero-order valence-electron chi connectivity index (χ0n) is 10.1. The highest BCUT2D eigenvalue weighted by molar-refractivity contribution is 6.15. The second kappa shape index (κ2) is 4.87. The molecule has 0 heterocycles. The van der Waals surface area contributed by atoms with Gasteiger partial charge in [-0.15, -0.1) is 0 Å². The van der Waals surface area contributed by atoms with Crippen molar-refractivity contribution in [2.45, 2.75) is 51.3 Å².